The monoisotopic (exact) mass is 526 g/mol. The Balaban J connectivity index is 2.36. The number of carboxylic acid groups (broad SMARTS) is 1. The highest BCUT2D eigenvalue weighted by molar-refractivity contribution is 14.1. The Kier molecular flexibility index (Phi) is 7.20. The number of esters is 1. The second kappa shape index (κ2) is 8.17. The Morgan fingerprint density at radius 3 is 2.48 bits per heavy atom. The normalized spacial score (nSPS) is 11.2. The summed E-state index contributed by atoms with van der Waals surface area (Å²) >= 11 is 4.09. The van der Waals surface area contributed by atoms with Crippen molar-refractivity contribution in [1.82, 2.24) is 0 Å². The highest BCUT2D eigenvalue weighted by atomic mass is 127. The van der Waals surface area contributed by atoms with Gasteiger partial charge in [-0.25, -0.2) is 9.59 Å². The fourth-order valence-electron chi connectivity index (χ4n) is 1.19. The van der Waals surface area contributed by atoms with E-state index in [-0.39, 0.29) is 13.2 Å². The summed E-state index contributed by atoms with van der Waals surface area (Å²) in [6.45, 7) is -1.81. The Labute approximate surface area is 146 Å². The van der Waals surface area contributed by atoms with Gasteiger partial charge in [-0.1, -0.05) is 0 Å². The number of carboxylic acids is 1. The molecule has 1 N–H and O–H groups in total. The fourth-order valence-corrected chi connectivity index (χ4v) is 3.01. The number of carbonyl (C=O) groups is 2. The largest absolute Gasteiger partial charge is 0.477 e. The zero-order valence-corrected chi connectivity index (χ0v) is 14.8. The number of ether oxygens (including phenoxy) is 2. The molecule has 0 radical (unpaired) electrons. The van der Waals surface area contributed by atoms with Gasteiger partial charge in [-0.3, -0.25) is 0 Å². The van der Waals surface area contributed by atoms with E-state index in [9.17, 15) is 18.4 Å². The van der Waals surface area contributed by atoms with Gasteiger partial charge in [-0.2, -0.15) is 8.78 Å². The minimum Gasteiger partial charge on any atom is -0.477 e. The second-order valence-corrected chi connectivity index (χ2v) is 6.23. The molecule has 0 saturated heterocycles. The Hall–Kier alpha value is -0.560. The van der Waals surface area contributed by atoms with Crippen molar-refractivity contribution in [1.29, 1.82) is 0 Å². The third-order valence-corrected chi connectivity index (χ3v) is 3.77. The quantitative estimate of drug-likeness (QED) is 0.337. The summed E-state index contributed by atoms with van der Waals surface area (Å²) in [7, 11) is 0. The first-order valence-electron chi connectivity index (χ1n) is 5.55. The zero-order valence-electron chi connectivity index (χ0n) is 10.4. The molecule has 0 aliphatic rings. The summed E-state index contributed by atoms with van der Waals surface area (Å²) in [6, 6.07) is 5.14. The average molecular weight is 526 g/mol. The fraction of sp³-hybridized carbons (Fsp3) is 0.333. The number of hydrogen-bond donors (Lipinski definition) is 1. The summed E-state index contributed by atoms with van der Waals surface area (Å²) in [5.41, 5.74) is 0.367. The second-order valence-electron chi connectivity index (χ2n) is 3.82. The molecule has 0 unspecified atom stereocenters. The molecule has 0 spiro atoms. The van der Waals surface area contributed by atoms with Crippen molar-refractivity contribution in [2.45, 2.75) is 5.92 Å². The number of halogens is 4. The van der Waals surface area contributed by atoms with E-state index in [0.717, 1.165) is 3.57 Å². The molecule has 116 valence electrons. The van der Waals surface area contributed by atoms with Gasteiger partial charge in [-0.05, 0) is 63.4 Å². The lowest BCUT2D eigenvalue weighted by Gasteiger charge is -2.11. The highest BCUT2D eigenvalue weighted by Crippen LogP contribution is 2.17. The first-order valence-corrected chi connectivity index (χ1v) is 7.71. The van der Waals surface area contributed by atoms with Crippen molar-refractivity contribution in [3.8, 4) is 0 Å². The van der Waals surface area contributed by atoms with Crippen LogP contribution in [0.1, 0.15) is 10.4 Å². The van der Waals surface area contributed by atoms with E-state index in [1.807, 2.05) is 22.6 Å². The summed E-state index contributed by atoms with van der Waals surface area (Å²) in [6.07, 6.45) is 0. The molecule has 0 aliphatic heterocycles. The minimum atomic E-state index is -3.95. The van der Waals surface area contributed by atoms with Gasteiger partial charge in [0.2, 0.25) is 0 Å². The molecule has 0 aliphatic carbocycles. The Morgan fingerprint density at radius 2 is 1.90 bits per heavy atom. The molecule has 0 atom stereocenters. The summed E-state index contributed by atoms with van der Waals surface area (Å²) < 4.78 is 36.3. The molecule has 5 nitrogen and oxygen atoms in total. The van der Waals surface area contributed by atoms with E-state index in [1.165, 1.54) is 0 Å². The van der Waals surface area contributed by atoms with Gasteiger partial charge < -0.3 is 14.6 Å². The highest BCUT2D eigenvalue weighted by Gasteiger charge is 2.39. The van der Waals surface area contributed by atoms with E-state index in [4.69, 9.17) is 9.84 Å². The van der Waals surface area contributed by atoms with E-state index in [1.54, 1.807) is 18.2 Å². The van der Waals surface area contributed by atoms with Crippen LogP contribution in [-0.4, -0.2) is 42.8 Å². The van der Waals surface area contributed by atoms with E-state index < -0.39 is 24.5 Å². The number of hydrogen-bond acceptors (Lipinski definition) is 4. The lowest BCUT2D eigenvalue weighted by molar-refractivity contribution is -0.173. The molecule has 0 amide bonds. The summed E-state index contributed by atoms with van der Waals surface area (Å²) in [5, 5.41) is 8.17. The first-order chi connectivity index (χ1) is 9.74. The number of carbonyl (C=O) groups excluding carboxylic acids is 1. The molecule has 0 bridgehead atoms. The van der Waals surface area contributed by atoms with Crippen molar-refractivity contribution in [3.05, 3.63) is 30.9 Å². The van der Waals surface area contributed by atoms with Crippen molar-refractivity contribution >= 4 is 57.1 Å². The molecule has 1 aromatic rings. The number of aliphatic carboxylic acids is 1. The third-order valence-electron chi connectivity index (χ3n) is 2.21. The molecular weight excluding hydrogens is 516 g/mol. The first kappa shape index (κ1) is 18.5. The maximum absolute atomic E-state index is 12.7. The van der Waals surface area contributed by atoms with Gasteiger partial charge in [-0.15, -0.1) is 0 Å². The summed E-state index contributed by atoms with van der Waals surface area (Å²) in [5.74, 6) is -6.80. The van der Waals surface area contributed by atoms with Gasteiger partial charge in [0.15, 0.2) is 0 Å². The number of alkyl halides is 2. The van der Waals surface area contributed by atoms with Crippen LogP contribution in [0.15, 0.2) is 18.2 Å². The van der Waals surface area contributed by atoms with Crippen LogP contribution in [0.5, 0.6) is 0 Å². The average Bonchev–Trinajstić information content (AvgIpc) is 2.37. The summed E-state index contributed by atoms with van der Waals surface area (Å²) in [4.78, 5) is 21.8. The van der Waals surface area contributed by atoms with Gasteiger partial charge in [0.05, 0.1) is 12.2 Å². The number of benzene rings is 1. The maximum atomic E-state index is 12.7. The van der Waals surface area contributed by atoms with Crippen molar-refractivity contribution in [2.75, 3.05) is 19.8 Å². The smallest absolute Gasteiger partial charge is 0.377 e. The van der Waals surface area contributed by atoms with Crippen LogP contribution < -0.4 is 0 Å². The molecule has 9 heteroatoms. The molecule has 0 aromatic heterocycles. The molecule has 21 heavy (non-hydrogen) atoms. The minimum absolute atomic E-state index is 0.239. The molecular formula is C12H10F2I2O5. The third kappa shape index (κ3) is 5.98. The van der Waals surface area contributed by atoms with Crippen LogP contribution in [0.3, 0.4) is 0 Å². The van der Waals surface area contributed by atoms with E-state index in [0.29, 0.717) is 9.13 Å². The van der Waals surface area contributed by atoms with Crippen molar-refractivity contribution < 1.29 is 33.0 Å². The zero-order chi connectivity index (χ0) is 16.0. The van der Waals surface area contributed by atoms with Crippen LogP contribution >= 0.6 is 45.2 Å². The van der Waals surface area contributed by atoms with Crippen molar-refractivity contribution in [2.24, 2.45) is 0 Å². The van der Waals surface area contributed by atoms with Crippen LogP contribution in [0.2, 0.25) is 0 Å². The van der Waals surface area contributed by atoms with Crippen LogP contribution in [0, 0.1) is 7.14 Å². The van der Waals surface area contributed by atoms with Gasteiger partial charge >= 0.3 is 17.9 Å². The topological polar surface area (TPSA) is 72.8 Å². The van der Waals surface area contributed by atoms with Crippen LogP contribution in [0.4, 0.5) is 8.78 Å². The molecule has 1 aromatic carbocycles. The standard InChI is InChI=1S/C12H10F2I2O5/c13-12(14,11(18)19)6-20-3-4-21-10(17)8-2-1-7(15)5-9(8)16/h1-2,5H,3-4,6H2,(H,18,19). The number of rotatable bonds is 7. The van der Waals surface area contributed by atoms with Gasteiger partial charge in [0.1, 0.15) is 13.2 Å². The van der Waals surface area contributed by atoms with Gasteiger partial charge in [0.25, 0.3) is 0 Å². The van der Waals surface area contributed by atoms with Gasteiger partial charge in [0, 0.05) is 7.14 Å². The predicted molar refractivity (Wildman–Crippen MR) is 85.6 cm³/mol. The van der Waals surface area contributed by atoms with E-state index in [2.05, 4.69) is 27.3 Å². The lowest BCUT2D eigenvalue weighted by Crippen LogP contribution is -2.34. The molecule has 1 rings (SSSR count). The maximum Gasteiger partial charge on any atom is 0.377 e. The molecule has 0 fully saturated rings. The SMILES string of the molecule is O=C(OCCOCC(F)(F)C(=O)O)c1ccc(I)cc1I. The molecule has 0 heterocycles. The van der Waals surface area contributed by atoms with Crippen LogP contribution in [-0.2, 0) is 14.3 Å². The van der Waals surface area contributed by atoms with Crippen LogP contribution in [0.25, 0.3) is 0 Å². The lowest BCUT2D eigenvalue weighted by atomic mass is 10.2. The Bertz CT molecular complexity index is 536. The Morgan fingerprint density at radius 1 is 1.24 bits per heavy atom. The van der Waals surface area contributed by atoms with Crippen molar-refractivity contribution in [3.63, 3.8) is 0 Å². The molecule has 0 saturated carbocycles. The van der Waals surface area contributed by atoms with E-state index >= 15 is 0 Å². The predicted octanol–water partition coefficient (Wildman–Crippen LogP) is 2.79.